The number of anilines is 3. The average Bonchev–Trinajstić information content (AvgIpc) is 3.13. The number of carbonyl (C=O) groups is 1. The fraction of sp³-hybridized carbons (Fsp3) is 0.286. The molecule has 1 amide bonds. The quantitative estimate of drug-likeness (QED) is 0.729. The number of piperidine rings is 1. The summed E-state index contributed by atoms with van der Waals surface area (Å²) >= 11 is 0. The summed E-state index contributed by atoms with van der Waals surface area (Å²) in [5.74, 6) is -0.348. The zero-order valence-electron chi connectivity index (χ0n) is 15.9. The van der Waals surface area contributed by atoms with Gasteiger partial charge in [-0.05, 0) is 43.5 Å². The number of hydrogen-bond donors (Lipinski definition) is 2. The van der Waals surface area contributed by atoms with Crippen molar-refractivity contribution in [2.75, 3.05) is 29.0 Å². The lowest BCUT2D eigenvalue weighted by Gasteiger charge is -2.29. The fourth-order valence-electron chi connectivity index (χ4n) is 3.50. The van der Waals surface area contributed by atoms with Crippen LogP contribution in [-0.2, 0) is 7.05 Å². The number of aromatic nitrogens is 3. The van der Waals surface area contributed by atoms with Crippen LogP contribution < -0.4 is 16.0 Å². The molecule has 7 heteroatoms. The van der Waals surface area contributed by atoms with Gasteiger partial charge in [0.05, 0.1) is 23.3 Å². The molecule has 3 N–H and O–H groups in total. The minimum atomic E-state index is -0.348. The standard InChI is InChI=1S/C21H24N6O/c1-26-14-16(13-23-26)24-21(28)20-18(22)8-9-19(25-20)15-6-5-7-17(12-15)27-10-3-2-4-11-27/h5-9,12-14H,2-4,10-11,22H2,1H3,(H,24,28). The van der Waals surface area contributed by atoms with Crippen LogP contribution in [-0.4, -0.2) is 33.8 Å². The van der Waals surface area contributed by atoms with Gasteiger partial charge in [0.25, 0.3) is 5.91 Å². The van der Waals surface area contributed by atoms with Crippen LogP contribution >= 0.6 is 0 Å². The molecule has 0 aliphatic carbocycles. The van der Waals surface area contributed by atoms with Crippen LogP contribution in [0.4, 0.5) is 17.1 Å². The topological polar surface area (TPSA) is 89.1 Å². The van der Waals surface area contributed by atoms with Gasteiger partial charge in [-0.3, -0.25) is 9.48 Å². The van der Waals surface area contributed by atoms with Crippen molar-refractivity contribution in [1.29, 1.82) is 0 Å². The van der Waals surface area contributed by atoms with E-state index >= 15 is 0 Å². The molecule has 0 atom stereocenters. The smallest absolute Gasteiger partial charge is 0.276 e. The van der Waals surface area contributed by atoms with Crippen molar-refractivity contribution in [2.24, 2.45) is 7.05 Å². The minimum absolute atomic E-state index is 0.213. The Labute approximate surface area is 164 Å². The molecule has 0 bridgehead atoms. The van der Waals surface area contributed by atoms with Crippen molar-refractivity contribution in [3.63, 3.8) is 0 Å². The average molecular weight is 376 g/mol. The molecule has 0 unspecified atom stereocenters. The molecule has 2 aromatic heterocycles. The first kappa shape index (κ1) is 18.0. The predicted octanol–water partition coefficient (Wildman–Crippen LogP) is 3.31. The molecular weight excluding hydrogens is 352 g/mol. The van der Waals surface area contributed by atoms with E-state index in [1.54, 1.807) is 30.2 Å². The first-order valence-corrected chi connectivity index (χ1v) is 9.52. The van der Waals surface area contributed by atoms with E-state index in [9.17, 15) is 4.79 Å². The first-order chi connectivity index (χ1) is 13.6. The number of amides is 1. The van der Waals surface area contributed by atoms with E-state index in [1.807, 2.05) is 18.2 Å². The Hall–Kier alpha value is -3.35. The number of carbonyl (C=O) groups excluding carboxylic acids is 1. The van der Waals surface area contributed by atoms with Gasteiger partial charge >= 0.3 is 0 Å². The molecule has 28 heavy (non-hydrogen) atoms. The first-order valence-electron chi connectivity index (χ1n) is 9.52. The van der Waals surface area contributed by atoms with Crippen LogP contribution in [0, 0.1) is 0 Å². The Morgan fingerprint density at radius 1 is 1.14 bits per heavy atom. The van der Waals surface area contributed by atoms with E-state index in [1.165, 1.54) is 24.9 Å². The second kappa shape index (κ2) is 7.72. The van der Waals surface area contributed by atoms with Crippen LogP contribution in [0.2, 0.25) is 0 Å². The Bertz CT molecular complexity index is 990. The minimum Gasteiger partial charge on any atom is -0.397 e. The van der Waals surface area contributed by atoms with E-state index in [4.69, 9.17) is 5.73 Å². The summed E-state index contributed by atoms with van der Waals surface area (Å²) < 4.78 is 1.62. The maximum absolute atomic E-state index is 12.6. The molecule has 1 aliphatic heterocycles. The lowest BCUT2D eigenvalue weighted by atomic mass is 10.1. The zero-order chi connectivity index (χ0) is 19.5. The van der Waals surface area contributed by atoms with Gasteiger partial charge in [0, 0.05) is 37.6 Å². The van der Waals surface area contributed by atoms with Gasteiger partial charge in [-0.1, -0.05) is 12.1 Å². The predicted molar refractivity (Wildman–Crippen MR) is 111 cm³/mol. The molecule has 3 aromatic rings. The molecule has 0 spiro atoms. The highest BCUT2D eigenvalue weighted by Crippen LogP contribution is 2.27. The lowest BCUT2D eigenvalue weighted by Crippen LogP contribution is -2.29. The summed E-state index contributed by atoms with van der Waals surface area (Å²) in [5, 5.41) is 6.84. The summed E-state index contributed by atoms with van der Waals surface area (Å²) in [4.78, 5) is 19.6. The van der Waals surface area contributed by atoms with Crippen molar-refractivity contribution >= 4 is 23.0 Å². The van der Waals surface area contributed by atoms with Gasteiger partial charge in [-0.15, -0.1) is 0 Å². The number of nitrogens with one attached hydrogen (secondary N) is 1. The number of aryl methyl sites for hydroxylation is 1. The number of nitrogen functional groups attached to an aromatic ring is 1. The number of nitrogens with zero attached hydrogens (tertiary/aromatic N) is 4. The van der Waals surface area contributed by atoms with Gasteiger partial charge in [0.15, 0.2) is 5.69 Å². The largest absolute Gasteiger partial charge is 0.397 e. The Morgan fingerprint density at radius 2 is 1.96 bits per heavy atom. The van der Waals surface area contributed by atoms with Crippen molar-refractivity contribution in [3.05, 3.63) is 54.5 Å². The molecule has 0 radical (unpaired) electrons. The van der Waals surface area contributed by atoms with E-state index in [-0.39, 0.29) is 11.6 Å². The summed E-state index contributed by atoms with van der Waals surface area (Å²) in [5.41, 5.74) is 10.1. The highest BCUT2D eigenvalue weighted by atomic mass is 16.1. The molecule has 3 heterocycles. The Balaban J connectivity index is 1.60. The normalized spacial score (nSPS) is 14.1. The van der Waals surface area contributed by atoms with Crippen molar-refractivity contribution in [3.8, 4) is 11.3 Å². The number of pyridine rings is 1. The highest BCUT2D eigenvalue weighted by Gasteiger charge is 2.16. The van der Waals surface area contributed by atoms with Gasteiger partial charge in [0.1, 0.15) is 0 Å². The molecule has 1 aliphatic rings. The van der Waals surface area contributed by atoms with E-state index in [0.717, 1.165) is 24.3 Å². The highest BCUT2D eigenvalue weighted by molar-refractivity contribution is 6.06. The molecular formula is C21H24N6O. The van der Waals surface area contributed by atoms with Crippen LogP contribution in [0.15, 0.2) is 48.8 Å². The van der Waals surface area contributed by atoms with Crippen LogP contribution in [0.25, 0.3) is 11.3 Å². The SMILES string of the molecule is Cn1cc(NC(=O)c2nc(-c3cccc(N4CCCCC4)c3)ccc2N)cn1. The summed E-state index contributed by atoms with van der Waals surface area (Å²) in [6, 6.07) is 11.9. The van der Waals surface area contributed by atoms with E-state index < -0.39 is 0 Å². The van der Waals surface area contributed by atoms with Crippen molar-refractivity contribution in [1.82, 2.24) is 14.8 Å². The second-order valence-corrected chi connectivity index (χ2v) is 7.09. The monoisotopic (exact) mass is 376 g/mol. The number of benzene rings is 1. The third-order valence-electron chi connectivity index (χ3n) is 4.97. The molecule has 1 saturated heterocycles. The van der Waals surface area contributed by atoms with Crippen LogP contribution in [0.3, 0.4) is 0 Å². The van der Waals surface area contributed by atoms with Crippen molar-refractivity contribution in [2.45, 2.75) is 19.3 Å². The van der Waals surface area contributed by atoms with Crippen LogP contribution in [0.1, 0.15) is 29.8 Å². The molecule has 1 fully saturated rings. The van der Waals surface area contributed by atoms with Crippen LogP contribution in [0.5, 0.6) is 0 Å². The third kappa shape index (κ3) is 3.83. The molecule has 0 saturated carbocycles. The second-order valence-electron chi connectivity index (χ2n) is 7.09. The fourth-order valence-corrected chi connectivity index (χ4v) is 3.50. The number of nitrogens with two attached hydrogens (primary N) is 1. The van der Waals surface area contributed by atoms with Crippen molar-refractivity contribution < 1.29 is 4.79 Å². The zero-order valence-corrected chi connectivity index (χ0v) is 15.9. The Kier molecular flexibility index (Phi) is 4.97. The third-order valence-corrected chi connectivity index (χ3v) is 4.97. The maximum atomic E-state index is 12.6. The molecule has 1 aromatic carbocycles. The summed E-state index contributed by atoms with van der Waals surface area (Å²) in [6.07, 6.45) is 7.05. The van der Waals surface area contributed by atoms with Gasteiger partial charge in [-0.2, -0.15) is 5.10 Å². The summed E-state index contributed by atoms with van der Waals surface area (Å²) in [6.45, 7) is 2.16. The number of hydrogen-bond acceptors (Lipinski definition) is 5. The van der Waals surface area contributed by atoms with E-state index in [2.05, 4.69) is 32.4 Å². The summed E-state index contributed by atoms with van der Waals surface area (Å²) in [7, 11) is 1.79. The van der Waals surface area contributed by atoms with Gasteiger partial charge < -0.3 is 16.0 Å². The lowest BCUT2D eigenvalue weighted by molar-refractivity contribution is 0.102. The van der Waals surface area contributed by atoms with Gasteiger partial charge in [0.2, 0.25) is 0 Å². The maximum Gasteiger partial charge on any atom is 0.276 e. The molecule has 4 rings (SSSR count). The van der Waals surface area contributed by atoms with E-state index in [0.29, 0.717) is 11.4 Å². The Morgan fingerprint density at radius 3 is 2.71 bits per heavy atom. The molecule has 7 nitrogen and oxygen atoms in total. The van der Waals surface area contributed by atoms with Gasteiger partial charge in [-0.25, -0.2) is 4.98 Å². The number of rotatable bonds is 4. The molecule has 144 valence electrons.